The van der Waals surface area contributed by atoms with Gasteiger partial charge < -0.3 is 24.3 Å². The van der Waals surface area contributed by atoms with Gasteiger partial charge in [0.15, 0.2) is 0 Å². The lowest BCUT2D eigenvalue weighted by Gasteiger charge is -2.08. The molecular weight excluding hydrogens is 258 g/mol. The molecule has 0 aliphatic carbocycles. The second-order valence-electron chi connectivity index (χ2n) is 5.05. The van der Waals surface area contributed by atoms with Crippen molar-refractivity contribution < 1.29 is 20.4 Å². The first-order valence-electron chi connectivity index (χ1n) is 7.79. The fraction of sp³-hybridized carbons (Fsp3) is 1.00. The van der Waals surface area contributed by atoms with Gasteiger partial charge in [-0.15, -0.1) is 0 Å². The molecule has 5 heteroatoms. The summed E-state index contributed by atoms with van der Waals surface area (Å²) < 4.78 is 21.5. The van der Waals surface area contributed by atoms with Gasteiger partial charge in [-0.2, -0.15) is 0 Å². The summed E-state index contributed by atoms with van der Waals surface area (Å²) in [6.07, 6.45) is 1.05. The number of nitrogens with one attached hydrogen (secondary N) is 1. The monoisotopic (exact) mass is 293 g/mol. The summed E-state index contributed by atoms with van der Waals surface area (Å²) in [5.41, 5.74) is 0. The highest BCUT2D eigenvalue weighted by Crippen LogP contribution is 1.86. The summed E-state index contributed by atoms with van der Waals surface area (Å²) in [6, 6.07) is 0. The van der Waals surface area contributed by atoms with Crippen molar-refractivity contribution in [3.63, 3.8) is 0 Å². The second kappa shape index (κ2) is 16.9. The predicted molar refractivity (Wildman–Crippen MR) is 83.4 cm³/mol. The van der Waals surface area contributed by atoms with Crippen LogP contribution < -0.4 is 5.32 Å². The van der Waals surface area contributed by atoms with Gasteiger partial charge in [0.25, 0.3) is 0 Å². The third-order valence-corrected chi connectivity index (χ3v) is 2.44. The molecule has 0 atom stereocenters. The van der Waals surface area contributed by atoms with Crippen LogP contribution in [0, 0.1) is 5.92 Å². The van der Waals surface area contributed by atoms with Crippen molar-refractivity contribution >= 4 is 0 Å². The van der Waals surface area contributed by atoms with Gasteiger partial charge in [-0.05, 0) is 18.9 Å². The van der Waals surface area contributed by atoms with Crippen LogP contribution in [0.4, 0.5) is 0 Å². The van der Waals surface area contributed by atoms with Gasteiger partial charge in [0, 0.05) is 14.6 Å². The van der Waals surface area contributed by atoms with E-state index in [4.69, 9.17) is 18.9 Å². The number of hydrogen-bond donors (Lipinski definition) is 1. The minimum Gasteiger partial charge on any atom is -0.379 e. The zero-order valence-electron chi connectivity index (χ0n) is 13.5. The third kappa shape index (κ3) is 17.8. The van der Waals surface area contributed by atoms with Gasteiger partial charge in [-0.25, -0.2) is 0 Å². The Balaban J connectivity index is 0. The van der Waals surface area contributed by atoms with Crippen LogP contribution in [-0.4, -0.2) is 65.9 Å². The average Bonchev–Trinajstić information content (AvgIpc) is 2.43. The van der Waals surface area contributed by atoms with Crippen LogP contribution in [0.2, 0.25) is 0 Å². The van der Waals surface area contributed by atoms with E-state index in [1.54, 1.807) is 0 Å². The molecule has 0 unspecified atom stereocenters. The first-order valence-corrected chi connectivity index (χ1v) is 7.79. The number of rotatable bonds is 16. The molecule has 1 N–H and O–H groups in total. The van der Waals surface area contributed by atoms with E-state index in [1.807, 2.05) is 0 Å². The van der Waals surface area contributed by atoms with Gasteiger partial charge in [0.1, 0.15) is 0 Å². The molecule has 0 aliphatic rings. The van der Waals surface area contributed by atoms with Crippen molar-refractivity contribution in [2.75, 3.05) is 65.9 Å². The summed E-state index contributed by atoms with van der Waals surface area (Å²) >= 11 is 0. The lowest BCUT2D eigenvalue weighted by molar-refractivity contribution is -0.00138. The third-order valence-electron chi connectivity index (χ3n) is 2.44. The maximum atomic E-state index is 5.44. The first kappa shape index (κ1) is 19.8. The molecule has 124 valence electrons. The molecule has 0 fully saturated rings. The van der Waals surface area contributed by atoms with Gasteiger partial charge >= 0.3 is 0 Å². The van der Waals surface area contributed by atoms with Crippen LogP contribution >= 0.6 is 0 Å². The molecule has 0 rings (SSSR count). The van der Waals surface area contributed by atoms with E-state index in [1.165, 1.54) is 0 Å². The predicted octanol–water partition coefficient (Wildman–Crippen LogP) is 1.95. The molecule has 0 bridgehead atoms. The maximum absolute atomic E-state index is 5.44. The molecule has 0 radical (unpaired) electrons. The Labute approximate surface area is 125 Å². The van der Waals surface area contributed by atoms with Crippen molar-refractivity contribution in [1.82, 2.24) is 5.32 Å². The van der Waals surface area contributed by atoms with Gasteiger partial charge in [-0.1, -0.05) is 20.8 Å². The highest BCUT2D eigenvalue weighted by Gasteiger charge is 1.94. The van der Waals surface area contributed by atoms with E-state index in [9.17, 15) is 0 Å². The van der Waals surface area contributed by atoms with E-state index in [-0.39, 0.29) is 1.43 Å². The lowest BCUT2D eigenvalue weighted by atomic mass is 10.2. The van der Waals surface area contributed by atoms with Crippen LogP contribution in [0.5, 0.6) is 0 Å². The van der Waals surface area contributed by atoms with Gasteiger partial charge in [0.2, 0.25) is 0 Å². The molecule has 0 heterocycles. The zero-order valence-corrected chi connectivity index (χ0v) is 13.5. The van der Waals surface area contributed by atoms with Crippen LogP contribution in [0.1, 0.15) is 28.6 Å². The Morgan fingerprint density at radius 2 is 1.20 bits per heavy atom. The zero-order chi connectivity index (χ0) is 14.9. The maximum Gasteiger partial charge on any atom is 0.0701 e. The number of hydrogen-bond acceptors (Lipinski definition) is 5. The summed E-state index contributed by atoms with van der Waals surface area (Å²) in [7, 11) is 0. The lowest BCUT2D eigenvalue weighted by Crippen LogP contribution is -2.24. The van der Waals surface area contributed by atoms with Gasteiger partial charge in [0.05, 0.1) is 46.2 Å². The van der Waals surface area contributed by atoms with Crippen molar-refractivity contribution in [1.29, 1.82) is 0 Å². The average molecular weight is 293 g/mol. The number of ether oxygens (including phenoxy) is 4. The molecular formula is C15H35NO4. The van der Waals surface area contributed by atoms with E-state index in [2.05, 4.69) is 26.1 Å². The standard InChI is InChI=1S/C15H33NO4.H2/c1-4-6-17-8-10-19-12-13-20-11-9-18-7-5-16-14-15(2)3;/h15-16H,4-14H2,1-3H3;1H. The van der Waals surface area contributed by atoms with Gasteiger partial charge in [-0.3, -0.25) is 0 Å². The first-order chi connectivity index (χ1) is 9.77. The summed E-state index contributed by atoms with van der Waals surface area (Å²) in [4.78, 5) is 0. The highest BCUT2D eigenvalue weighted by atomic mass is 16.6. The van der Waals surface area contributed by atoms with E-state index in [0.29, 0.717) is 45.6 Å². The van der Waals surface area contributed by atoms with E-state index < -0.39 is 0 Å². The molecule has 20 heavy (non-hydrogen) atoms. The van der Waals surface area contributed by atoms with Crippen LogP contribution in [-0.2, 0) is 18.9 Å². The Bertz CT molecular complexity index is 185. The summed E-state index contributed by atoms with van der Waals surface area (Å²) in [5, 5.41) is 3.33. The van der Waals surface area contributed by atoms with Crippen molar-refractivity contribution in [2.24, 2.45) is 5.92 Å². The molecule has 0 amide bonds. The Morgan fingerprint density at radius 3 is 1.65 bits per heavy atom. The molecule has 0 saturated carbocycles. The summed E-state index contributed by atoms with van der Waals surface area (Å²) in [6.45, 7) is 13.8. The minimum atomic E-state index is 0. The Kier molecular flexibility index (Phi) is 16.7. The quantitative estimate of drug-likeness (QED) is 0.441. The highest BCUT2D eigenvalue weighted by molar-refractivity contribution is 4.49. The Morgan fingerprint density at radius 1 is 0.750 bits per heavy atom. The molecule has 0 aliphatic heterocycles. The molecule has 5 nitrogen and oxygen atoms in total. The van der Waals surface area contributed by atoms with Crippen molar-refractivity contribution in [2.45, 2.75) is 27.2 Å². The summed E-state index contributed by atoms with van der Waals surface area (Å²) in [5.74, 6) is 0.686. The second-order valence-corrected chi connectivity index (χ2v) is 5.05. The van der Waals surface area contributed by atoms with Crippen LogP contribution in [0.3, 0.4) is 0 Å². The minimum absolute atomic E-state index is 0. The van der Waals surface area contributed by atoms with Crippen LogP contribution in [0.15, 0.2) is 0 Å². The topological polar surface area (TPSA) is 49.0 Å². The SMILES string of the molecule is CCCOCCOCCOCCOCCNCC(C)C.[HH]. The molecule has 0 spiro atoms. The van der Waals surface area contributed by atoms with E-state index in [0.717, 1.165) is 32.7 Å². The fourth-order valence-electron chi connectivity index (χ4n) is 1.44. The largest absolute Gasteiger partial charge is 0.379 e. The molecule has 0 aromatic heterocycles. The van der Waals surface area contributed by atoms with Crippen molar-refractivity contribution in [3.8, 4) is 0 Å². The normalized spacial score (nSPS) is 11.4. The molecule has 0 aromatic rings. The van der Waals surface area contributed by atoms with Crippen LogP contribution in [0.25, 0.3) is 0 Å². The smallest absolute Gasteiger partial charge is 0.0701 e. The molecule has 0 aromatic carbocycles. The fourth-order valence-corrected chi connectivity index (χ4v) is 1.44. The van der Waals surface area contributed by atoms with E-state index >= 15 is 0 Å². The van der Waals surface area contributed by atoms with Crippen molar-refractivity contribution in [3.05, 3.63) is 0 Å². The Hall–Kier alpha value is -0.200. The molecule has 0 saturated heterocycles.